The molecular weight excluding hydrogens is 416 g/mol. The van der Waals surface area contributed by atoms with Gasteiger partial charge in [-0.2, -0.15) is 0 Å². The number of aromatic nitrogens is 2. The smallest absolute Gasteiger partial charge is 0.223 e. The van der Waals surface area contributed by atoms with E-state index in [4.69, 9.17) is 14.5 Å². The average molecular weight is 445 g/mol. The Bertz CT molecular complexity index is 1090. The Balaban J connectivity index is 1.52. The first kappa shape index (κ1) is 21.6. The summed E-state index contributed by atoms with van der Waals surface area (Å²) in [6.07, 6.45) is 8.54. The van der Waals surface area contributed by atoms with Gasteiger partial charge in [0.2, 0.25) is 16.0 Å². The molecular formula is C22H28N4O4S. The Morgan fingerprint density at radius 3 is 2.58 bits per heavy atom. The minimum atomic E-state index is -3.13. The number of rotatable bonds is 6. The number of benzene rings is 1. The molecule has 0 saturated carbocycles. The fraction of sp³-hybridized carbons (Fsp3) is 0.455. The number of aryl methyl sites for hydroxylation is 1. The fourth-order valence-corrected chi connectivity index (χ4v) is 5.03. The second-order valence-corrected chi connectivity index (χ2v) is 9.84. The number of sulfonamides is 1. The molecule has 1 aliphatic carbocycles. The van der Waals surface area contributed by atoms with Crippen molar-refractivity contribution in [2.45, 2.75) is 31.7 Å². The third kappa shape index (κ3) is 4.67. The van der Waals surface area contributed by atoms with E-state index < -0.39 is 10.0 Å². The van der Waals surface area contributed by atoms with Crippen molar-refractivity contribution in [3.8, 4) is 11.5 Å². The van der Waals surface area contributed by atoms with E-state index in [1.807, 2.05) is 24.4 Å². The van der Waals surface area contributed by atoms with Crippen molar-refractivity contribution in [1.82, 2.24) is 14.3 Å². The number of anilines is 1. The predicted molar refractivity (Wildman–Crippen MR) is 120 cm³/mol. The van der Waals surface area contributed by atoms with Crippen molar-refractivity contribution >= 4 is 21.5 Å². The Morgan fingerprint density at radius 1 is 1.13 bits per heavy atom. The summed E-state index contributed by atoms with van der Waals surface area (Å²) in [5.41, 5.74) is 4.06. The maximum Gasteiger partial charge on any atom is 0.223 e. The summed E-state index contributed by atoms with van der Waals surface area (Å²) in [5.74, 6) is 2.09. The number of hydrogen-bond acceptors (Lipinski definition) is 7. The lowest BCUT2D eigenvalue weighted by Gasteiger charge is -2.30. The molecule has 9 heteroatoms. The van der Waals surface area contributed by atoms with Crippen LogP contribution >= 0.6 is 0 Å². The van der Waals surface area contributed by atoms with Gasteiger partial charge < -0.3 is 14.8 Å². The zero-order chi connectivity index (χ0) is 22.0. The molecule has 0 amide bonds. The van der Waals surface area contributed by atoms with Gasteiger partial charge in [-0.25, -0.2) is 22.7 Å². The molecule has 1 saturated heterocycles. The fourth-order valence-electron chi connectivity index (χ4n) is 4.16. The summed E-state index contributed by atoms with van der Waals surface area (Å²) in [4.78, 5) is 9.34. The molecule has 4 rings (SSSR count). The van der Waals surface area contributed by atoms with Gasteiger partial charge in [0.05, 0.1) is 26.2 Å². The number of allylic oxidation sites excluding steroid dienone is 1. The normalized spacial score (nSPS) is 17.6. The summed E-state index contributed by atoms with van der Waals surface area (Å²) in [7, 11) is 0.163. The van der Waals surface area contributed by atoms with Crippen molar-refractivity contribution in [2.75, 3.05) is 38.9 Å². The van der Waals surface area contributed by atoms with Gasteiger partial charge in [-0.05, 0) is 43.4 Å². The zero-order valence-electron chi connectivity index (χ0n) is 18.1. The van der Waals surface area contributed by atoms with Crippen LogP contribution in [0.2, 0.25) is 0 Å². The van der Waals surface area contributed by atoms with Crippen LogP contribution in [0.1, 0.15) is 36.1 Å². The van der Waals surface area contributed by atoms with Crippen LogP contribution in [-0.4, -0.2) is 62.3 Å². The largest absolute Gasteiger partial charge is 0.497 e. The Labute approximate surface area is 183 Å². The van der Waals surface area contributed by atoms with Gasteiger partial charge in [-0.3, -0.25) is 0 Å². The Kier molecular flexibility index (Phi) is 6.15. The number of hydrogen-bond donors (Lipinski definition) is 1. The van der Waals surface area contributed by atoms with Gasteiger partial charge in [0, 0.05) is 42.5 Å². The first-order valence-electron chi connectivity index (χ1n) is 10.4. The average Bonchev–Trinajstić information content (AvgIpc) is 2.78. The van der Waals surface area contributed by atoms with Gasteiger partial charge >= 0.3 is 0 Å². The van der Waals surface area contributed by atoms with E-state index in [9.17, 15) is 8.42 Å². The molecule has 0 unspecified atom stereocenters. The number of piperidine rings is 1. The molecule has 1 N–H and O–H groups in total. The van der Waals surface area contributed by atoms with Crippen LogP contribution in [0, 0.1) is 0 Å². The van der Waals surface area contributed by atoms with Crippen LogP contribution < -0.4 is 14.8 Å². The van der Waals surface area contributed by atoms with Crippen LogP contribution in [0.4, 0.5) is 5.95 Å². The van der Waals surface area contributed by atoms with Crippen LogP contribution in [0.5, 0.6) is 11.5 Å². The lowest BCUT2D eigenvalue weighted by molar-refractivity contribution is 0.331. The summed E-state index contributed by atoms with van der Waals surface area (Å²) in [6.45, 7) is 1.04. The lowest BCUT2D eigenvalue weighted by atomic mass is 9.90. The quantitative estimate of drug-likeness (QED) is 0.732. The van der Waals surface area contributed by atoms with Crippen LogP contribution in [0.3, 0.4) is 0 Å². The van der Waals surface area contributed by atoms with E-state index in [0.29, 0.717) is 19.0 Å². The highest BCUT2D eigenvalue weighted by Gasteiger charge is 2.26. The number of methoxy groups -OCH3 is 2. The second-order valence-electron chi connectivity index (χ2n) is 7.86. The third-order valence-corrected chi connectivity index (χ3v) is 7.15. The zero-order valence-corrected chi connectivity index (χ0v) is 18.9. The highest BCUT2D eigenvalue weighted by Crippen LogP contribution is 2.37. The number of nitrogens with zero attached hydrogens (tertiary/aromatic N) is 3. The first-order chi connectivity index (χ1) is 14.9. The molecule has 1 fully saturated rings. The predicted octanol–water partition coefficient (Wildman–Crippen LogP) is 2.71. The first-order valence-corrected chi connectivity index (χ1v) is 12.2. The highest BCUT2D eigenvalue weighted by molar-refractivity contribution is 7.88. The topological polar surface area (TPSA) is 93.7 Å². The van der Waals surface area contributed by atoms with E-state index >= 15 is 0 Å². The monoisotopic (exact) mass is 444 g/mol. The van der Waals surface area contributed by atoms with Crippen molar-refractivity contribution in [2.24, 2.45) is 0 Å². The van der Waals surface area contributed by atoms with Gasteiger partial charge in [-0.15, -0.1) is 0 Å². The minimum Gasteiger partial charge on any atom is -0.497 e. The van der Waals surface area contributed by atoms with Crippen LogP contribution in [-0.2, 0) is 16.4 Å². The number of fused-ring (bicyclic) bond motifs is 1. The summed E-state index contributed by atoms with van der Waals surface area (Å²) >= 11 is 0. The molecule has 2 aliphatic rings. The van der Waals surface area contributed by atoms with Crippen molar-refractivity contribution in [3.05, 3.63) is 47.3 Å². The molecule has 1 aliphatic heterocycles. The summed E-state index contributed by atoms with van der Waals surface area (Å²) < 4.78 is 35.8. The number of ether oxygens (including phenoxy) is 2. The van der Waals surface area contributed by atoms with E-state index in [1.165, 1.54) is 10.6 Å². The summed E-state index contributed by atoms with van der Waals surface area (Å²) in [6, 6.07) is 5.97. The van der Waals surface area contributed by atoms with E-state index in [0.717, 1.165) is 59.6 Å². The molecule has 0 radical (unpaired) electrons. The molecule has 8 nitrogen and oxygen atoms in total. The molecule has 1 aromatic carbocycles. The molecule has 2 aromatic rings. The van der Waals surface area contributed by atoms with Crippen molar-refractivity contribution in [3.63, 3.8) is 0 Å². The molecule has 31 heavy (non-hydrogen) atoms. The maximum atomic E-state index is 11.7. The van der Waals surface area contributed by atoms with Crippen LogP contribution in [0.15, 0.2) is 30.5 Å². The Morgan fingerprint density at radius 2 is 1.90 bits per heavy atom. The van der Waals surface area contributed by atoms with Crippen molar-refractivity contribution < 1.29 is 17.9 Å². The molecule has 166 valence electrons. The minimum absolute atomic E-state index is 0.163. The molecule has 0 bridgehead atoms. The second kappa shape index (κ2) is 8.84. The van der Waals surface area contributed by atoms with E-state index in [1.54, 1.807) is 14.2 Å². The number of nitrogens with one attached hydrogen (secondary N) is 1. The SMILES string of the molecule is COc1ccc(C2=CCCc3nc(NC4CCN(S(C)(=O)=O)CC4)ncc32)c(OC)c1. The third-order valence-electron chi connectivity index (χ3n) is 5.84. The van der Waals surface area contributed by atoms with Gasteiger partial charge in [0.15, 0.2) is 0 Å². The lowest BCUT2D eigenvalue weighted by Crippen LogP contribution is -2.42. The Hall–Kier alpha value is -2.65. The standard InChI is InChI=1S/C22H28N4O4S/c1-29-16-7-8-18(21(13-16)30-2)17-5-4-6-20-19(17)14-23-22(25-20)24-15-9-11-26(12-10-15)31(3,27)28/h5,7-8,13-15H,4,6,9-12H2,1-3H3,(H,23,24,25). The molecule has 0 atom stereocenters. The maximum absolute atomic E-state index is 11.7. The van der Waals surface area contributed by atoms with Crippen molar-refractivity contribution in [1.29, 1.82) is 0 Å². The van der Waals surface area contributed by atoms with Crippen LogP contribution in [0.25, 0.3) is 5.57 Å². The van der Waals surface area contributed by atoms with E-state index in [-0.39, 0.29) is 6.04 Å². The highest BCUT2D eigenvalue weighted by atomic mass is 32.2. The molecule has 0 spiro atoms. The molecule has 2 heterocycles. The van der Waals surface area contributed by atoms with Gasteiger partial charge in [0.1, 0.15) is 11.5 Å². The summed E-state index contributed by atoms with van der Waals surface area (Å²) in [5, 5.41) is 3.39. The van der Waals surface area contributed by atoms with Gasteiger partial charge in [-0.1, -0.05) is 6.08 Å². The van der Waals surface area contributed by atoms with Gasteiger partial charge in [0.25, 0.3) is 0 Å². The molecule has 1 aromatic heterocycles. The van der Waals surface area contributed by atoms with E-state index in [2.05, 4.69) is 16.4 Å².